The number of Topliss-reactive ketones (excluding diaryl/α,β-unsaturated/α-hetero) is 2. The van der Waals surface area contributed by atoms with Crippen molar-refractivity contribution in [2.75, 3.05) is 26.4 Å². The molecule has 10 nitrogen and oxygen atoms in total. The third-order valence-electron chi connectivity index (χ3n) is 5.99. The molecule has 0 saturated heterocycles. The SMILES string of the molecule is CCOC(=O)[C@@H]1C(=O)[C@H](C(=O)OCC)C2(C)C1[C@H](C(=O)OCC)C(=O)[C@@H]2C(=O)OCC. The van der Waals surface area contributed by atoms with E-state index < -0.39 is 70.4 Å². The summed E-state index contributed by atoms with van der Waals surface area (Å²) in [5, 5.41) is 0. The molecule has 0 radical (unpaired) electrons. The molecule has 0 aromatic heterocycles. The molecule has 0 spiro atoms. The molecule has 0 N–H and O–H groups in total. The van der Waals surface area contributed by atoms with Gasteiger partial charge < -0.3 is 18.9 Å². The third-order valence-corrected chi connectivity index (χ3v) is 5.99. The van der Waals surface area contributed by atoms with Gasteiger partial charge in [-0.25, -0.2) is 0 Å². The van der Waals surface area contributed by atoms with Crippen LogP contribution in [0.15, 0.2) is 0 Å². The first-order valence-electron chi connectivity index (χ1n) is 10.4. The number of ketones is 2. The van der Waals surface area contributed by atoms with Crippen molar-refractivity contribution in [1.82, 2.24) is 0 Å². The largest absolute Gasteiger partial charge is 0.465 e. The van der Waals surface area contributed by atoms with Crippen molar-refractivity contribution in [1.29, 1.82) is 0 Å². The molecule has 0 amide bonds. The number of carbonyl (C=O) groups is 6. The number of carbonyl (C=O) groups excluding carboxylic acids is 6. The van der Waals surface area contributed by atoms with Crippen LogP contribution in [0, 0.1) is 35.0 Å². The van der Waals surface area contributed by atoms with Crippen LogP contribution in [0.5, 0.6) is 0 Å². The van der Waals surface area contributed by atoms with Gasteiger partial charge in [-0.05, 0) is 27.7 Å². The lowest BCUT2D eigenvalue weighted by molar-refractivity contribution is -0.162. The topological polar surface area (TPSA) is 139 Å². The molecule has 2 saturated carbocycles. The number of fused-ring (bicyclic) bond motifs is 1. The van der Waals surface area contributed by atoms with Crippen LogP contribution in [0.3, 0.4) is 0 Å². The van der Waals surface area contributed by atoms with Gasteiger partial charge in [-0.15, -0.1) is 0 Å². The van der Waals surface area contributed by atoms with E-state index in [0.29, 0.717) is 0 Å². The molecular formula is C21H28O10. The Labute approximate surface area is 179 Å². The van der Waals surface area contributed by atoms with Gasteiger partial charge in [0.1, 0.15) is 23.7 Å². The molecule has 0 aliphatic heterocycles. The van der Waals surface area contributed by atoms with Crippen molar-refractivity contribution in [3.05, 3.63) is 0 Å². The molecule has 2 aliphatic rings. The van der Waals surface area contributed by atoms with Crippen LogP contribution in [0.2, 0.25) is 0 Å². The normalized spacial score (nSPS) is 31.7. The van der Waals surface area contributed by atoms with Crippen molar-refractivity contribution in [2.24, 2.45) is 35.0 Å². The van der Waals surface area contributed by atoms with E-state index in [9.17, 15) is 28.8 Å². The zero-order chi connectivity index (χ0) is 23.5. The van der Waals surface area contributed by atoms with E-state index in [1.54, 1.807) is 0 Å². The van der Waals surface area contributed by atoms with Crippen molar-refractivity contribution in [2.45, 2.75) is 34.6 Å². The molecule has 0 aromatic carbocycles. The second kappa shape index (κ2) is 9.57. The summed E-state index contributed by atoms with van der Waals surface area (Å²) in [7, 11) is 0. The number of rotatable bonds is 8. The minimum Gasteiger partial charge on any atom is -0.465 e. The fourth-order valence-corrected chi connectivity index (χ4v) is 4.97. The van der Waals surface area contributed by atoms with Gasteiger partial charge in [0.25, 0.3) is 0 Å². The van der Waals surface area contributed by atoms with Gasteiger partial charge in [0.2, 0.25) is 0 Å². The summed E-state index contributed by atoms with van der Waals surface area (Å²) in [6.07, 6.45) is 0. The Bertz CT molecular complexity index is 725. The van der Waals surface area contributed by atoms with Crippen LogP contribution in [0.1, 0.15) is 34.6 Å². The Morgan fingerprint density at radius 2 is 0.935 bits per heavy atom. The molecular weight excluding hydrogens is 412 g/mol. The Kier molecular flexibility index (Phi) is 7.56. The molecule has 0 aromatic rings. The first kappa shape index (κ1) is 24.5. The molecule has 31 heavy (non-hydrogen) atoms. The molecule has 4 atom stereocenters. The van der Waals surface area contributed by atoms with Crippen LogP contribution >= 0.6 is 0 Å². The molecule has 2 fully saturated rings. The number of hydrogen-bond donors (Lipinski definition) is 0. The maximum absolute atomic E-state index is 13.3. The van der Waals surface area contributed by atoms with E-state index in [1.165, 1.54) is 34.6 Å². The summed E-state index contributed by atoms with van der Waals surface area (Å²) < 4.78 is 20.1. The average molecular weight is 440 g/mol. The van der Waals surface area contributed by atoms with Gasteiger partial charge >= 0.3 is 23.9 Å². The van der Waals surface area contributed by atoms with Crippen molar-refractivity contribution in [3.8, 4) is 0 Å². The summed E-state index contributed by atoms with van der Waals surface area (Å²) in [5.74, 6) is -13.3. The Morgan fingerprint density at radius 3 is 1.23 bits per heavy atom. The van der Waals surface area contributed by atoms with E-state index in [1.807, 2.05) is 0 Å². The highest BCUT2D eigenvalue weighted by molar-refractivity contribution is 6.19. The zero-order valence-corrected chi connectivity index (χ0v) is 18.3. The first-order chi connectivity index (χ1) is 14.6. The second-order valence-electron chi connectivity index (χ2n) is 7.53. The predicted molar refractivity (Wildman–Crippen MR) is 102 cm³/mol. The van der Waals surface area contributed by atoms with E-state index in [2.05, 4.69) is 0 Å². The van der Waals surface area contributed by atoms with Crippen LogP contribution in [0.4, 0.5) is 0 Å². The summed E-state index contributed by atoms with van der Waals surface area (Å²) in [4.78, 5) is 77.6. The van der Waals surface area contributed by atoms with Gasteiger partial charge in [-0.1, -0.05) is 6.92 Å². The molecule has 10 heteroatoms. The molecule has 172 valence electrons. The minimum atomic E-state index is -1.72. The lowest BCUT2D eigenvalue weighted by atomic mass is 9.68. The van der Waals surface area contributed by atoms with Gasteiger partial charge in [-0.2, -0.15) is 0 Å². The Balaban J connectivity index is 2.74. The molecule has 2 rings (SSSR count). The number of hydrogen-bond acceptors (Lipinski definition) is 10. The quantitative estimate of drug-likeness (QED) is 0.298. The summed E-state index contributed by atoms with van der Waals surface area (Å²) in [5.41, 5.74) is -1.72. The van der Waals surface area contributed by atoms with Crippen LogP contribution < -0.4 is 0 Å². The van der Waals surface area contributed by atoms with E-state index in [0.717, 1.165) is 0 Å². The van der Waals surface area contributed by atoms with Crippen LogP contribution in [-0.2, 0) is 47.7 Å². The summed E-state index contributed by atoms with van der Waals surface area (Å²) in [6.45, 7) is 7.25. The number of esters is 4. The standard InChI is InChI=1S/C21H28O10/c1-6-28-17(24)10-12-11(18(25)29-7-2)16(23)14(20(27)31-9-4)21(12,5)13(15(10)22)19(26)30-8-3/h10-14H,6-9H2,1-5H3/t10-,11-,12?,13+,14+,21?/m0/s1. The van der Waals surface area contributed by atoms with Crippen molar-refractivity contribution < 1.29 is 47.7 Å². The maximum Gasteiger partial charge on any atom is 0.317 e. The van der Waals surface area contributed by atoms with E-state index >= 15 is 0 Å². The van der Waals surface area contributed by atoms with E-state index in [4.69, 9.17) is 18.9 Å². The zero-order valence-electron chi connectivity index (χ0n) is 18.3. The van der Waals surface area contributed by atoms with E-state index in [-0.39, 0.29) is 26.4 Å². The summed E-state index contributed by atoms with van der Waals surface area (Å²) >= 11 is 0. The lowest BCUT2D eigenvalue weighted by Gasteiger charge is -2.33. The summed E-state index contributed by atoms with van der Waals surface area (Å²) in [6, 6.07) is 0. The molecule has 2 aliphatic carbocycles. The van der Waals surface area contributed by atoms with Crippen LogP contribution in [-0.4, -0.2) is 61.9 Å². The third kappa shape index (κ3) is 3.83. The number of ether oxygens (including phenoxy) is 4. The monoisotopic (exact) mass is 440 g/mol. The fourth-order valence-electron chi connectivity index (χ4n) is 4.97. The van der Waals surface area contributed by atoms with Crippen molar-refractivity contribution in [3.63, 3.8) is 0 Å². The van der Waals surface area contributed by atoms with Gasteiger partial charge in [0, 0.05) is 11.3 Å². The molecule has 0 unspecified atom stereocenters. The predicted octanol–water partition coefficient (Wildman–Crippen LogP) is 0.492. The molecule has 0 bridgehead atoms. The highest BCUT2D eigenvalue weighted by Crippen LogP contribution is 2.62. The smallest absolute Gasteiger partial charge is 0.317 e. The average Bonchev–Trinajstić information content (AvgIpc) is 3.03. The van der Waals surface area contributed by atoms with Crippen molar-refractivity contribution >= 4 is 35.4 Å². The highest BCUT2D eigenvalue weighted by Gasteiger charge is 2.77. The van der Waals surface area contributed by atoms with Gasteiger partial charge in [-0.3, -0.25) is 28.8 Å². The van der Waals surface area contributed by atoms with Crippen LogP contribution in [0.25, 0.3) is 0 Å². The highest BCUT2D eigenvalue weighted by atomic mass is 16.5. The Morgan fingerprint density at radius 1 is 0.645 bits per heavy atom. The Hall–Kier alpha value is -2.78. The molecule has 0 heterocycles. The first-order valence-corrected chi connectivity index (χ1v) is 10.4. The minimum absolute atomic E-state index is 0.0601. The fraction of sp³-hybridized carbons (Fsp3) is 0.714. The van der Waals surface area contributed by atoms with Gasteiger partial charge in [0.05, 0.1) is 26.4 Å². The van der Waals surface area contributed by atoms with Gasteiger partial charge in [0.15, 0.2) is 11.6 Å². The lowest BCUT2D eigenvalue weighted by Crippen LogP contribution is -2.44. The second-order valence-corrected chi connectivity index (χ2v) is 7.53. The maximum atomic E-state index is 13.3.